The second kappa shape index (κ2) is 4.40. The van der Waals surface area contributed by atoms with Gasteiger partial charge in [-0.15, -0.1) is 0 Å². The first-order valence-electron chi connectivity index (χ1n) is 6.36. The fourth-order valence-electron chi connectivity index (χ4n) is 2.86. The molecule has 1 aliphatic carbocycles. The lowest BCUT2D eigenvalue weighted by atomic mass is 9.87. The molecule has 1 aromatic heterocycles. The van der Waals surface area contributed by atoms with Crippen LogP contribution in [0, 0.1) is 0 Å². The maximum atomic E-state index is 4.78. The van der Waals surface area contributed by atoms with E-state index in [9.17, 15) is 0 Å². The second-order valence-electron chi connectivity index (χ2n) is 4.88. The molecule has 0 spiro atoms. The summed E-state index contributed by atoms with van der Waals surface area (Å²) in [5.41, 5.74) is 1.30. The van der Waals surface area contributed by atoms with Gasteiger partial charge in [0.1, 0.15) is 4.60 Å². The van der Waals surface area contributed by atoms with Gasteiger partial charge in [-0.3, -0.25) is 0 Å². The summed E-state index contributed by atoms with van der Waals surface area (Å²) < 4.78 is 3.51. The number of hydrogen-bond donors (Lipinski definition) is 1. The Labute approximate surface area is 105 Å². The van der Waals surface area contributed by atoms with Crippen LogP contribution in [-0.2, 0) is 6.54 Å². The van der Waals surface area contributed by atoms with E-state index in [1.54, 1.807) is 0 Å². The highest BCUT2D eigenvalue weighted by Gasteiger charge is 2.25. The average Bonchev–Trinajstić information content (AvgIpc) is 2.69. The van der Waals surface area contributed by atoms with E-state index in [1.165, 1.54) is 48.8 Å². The predicted molar refractivity (Wildman–Crippen MR) is 68.9 cm³/mol. The fraction of sp³-hybridized carbons (Fsp3) is 0.750. The molecule has 0 amide bonds. The van der Waals surface area contributed by atoms with Crippen molar-refractivity contribution in [1.82, 2.24) is 9.55 Å². The number of nitrogens with one attached hydrogen (secondary N) is 1. The molecule has 0 radical (unpaired) electrons. The van der Waals surface area contributed by atoms with E-state index in [1.807, 2.05) is 0 Å². The quantitative estimate of drug-likeness (QED) is 0.855. The Morgan fingerprint density at radius 3 is 2.75 bits per heavy atom. The van der Waals surface area contributed by atoms with Crippen molar-refractivity contribution in [3.8, 4) is 0 Å². The highest BCUT2D eigenvalue weighted by molar-refractivity contribution is 9.10. The largest absolute Gasteiger partial charge is 0.356 e. The fourth-order valence-corrected chi connectivity index (χ4v) is 3.62. The molecular formula is C12H18BrN3. The highest BCUT2D eigenvalue weighted by Crippen LogP contribution is 2.37. The third-order valence-electron chi connectivity index (χ3n) is 3.76. The van der Waals surface area contributed by atoms with Crippen LogP contribution in [0.3, 0.4) is 0 Å². The van der Waals surface area contributed by atoms with Gasteiger partial charge in [0.05, 0.1) is 5.69 Å². The molecule has 1 fully saturated rings. The zero-order valence-corrected chi connectivity index (χ0v) is 11.1. The van der Waals surface area contributed by atoms with Gasteiger partial charge in [0.25, 0.3) is 0 Å². The molecular weight excluding hydrogens is 266 g/mol. The molecule has 0 bridgehead atoms. The van der Waals surface area contributed by atoms with Crippen molar-refractivity contribution in [2.24, 2.45) is 0 Å². The number of rotatable bonds is 1. The first kappa shape index (κ1) is 10.6. The van der Waals surface area contributed by atoms with Gasteiger partial charge in [-0.25, -0.2) is 4.98 Å². The van der Waals surface area contributed by atoms with Crippen LogP contribution < -0.4 is 5.32 Å². The van der Waals surface area contributed by atoms with E-state index < -0.39 is 0 Å². The summed E-state index contributed by atoms with van der Waals surface area (Å²) in [5.74, 6) is 1.75. The van der Waals surface area contributed by atoms with Crippen molar-refractivity contribution < 1.29 is 0 Å². The Balaban J connectivity index is 1.91. The topological polar surface area (TPSA) is 29.9 Å². The SMILES string of the molecule is Brc1c(C2CCCCC2)nc2n1CCCN2. The highest BCUT2D eigenvalue weighted by atomic mass is 79.9. The van der Waals surface area contributed by atoms with E-state index in [0.29, 0.717) is 5.92 Å². The van der Waals surface area contributed by atoms with Crippen LogP contribution in [0.1, 0.15) is 50.1 Å². The summed E-state index contributed by atoms with van der Waals surface area (Å²) in [6.07, 6.45) is 7.97. The molecule has 3 nitrogen and oxygen atoms in total. The second-order valence-corrected chi connectivity index (χ2v) is 5.63. The normalized spacial score (nSPS) is 21.6. The molecule has 1 saturated carbocycles. The molecule has 3 rings (SSSR count). The molecule has 1 aromatic rings. The van der Waals surface area contributed by atoms with Gasteiger partial charge in [0.15, 0.2) is 0 Å². The van der Waals surface area contributed by atoms with E-state index in [4.69, 9.17) is 4.98 Å². The molecule has 0 atom stereocenters. The van der Waals surface area contributed by atoms with Gasteiger partial charge in [-0.05, 0) is 35.2 Å². The Bertz CT molecular complexity index is 380. The minimum Gasteiger partial charge on any atom is -0.356 e. The van der Waals surface area contributed by atoms with Crippen LogP contribution in [0.5, 0.6) is 0 Å². The smallest absolute Gasteiger partial charge is 0.203 e. The van der Waals surface area contributed by atoms with Gasteiger partial charge >= 0.3 is 0 Å². The number of hydrogen-bond acceptors (Lipinski definition) is 2. The summed E-state index contributed by atoms with van der Waals surface area (Å²) in [7, 11) is 0. The molecule has 16 heavy (non-hydrogen) atoms. The van der Waals surface area contributed by atoms with Crippen molar-refractivity contribution in [2.75, 3.05) is 11.9 Å². The van der Waals surface area contributed by atoms with E-state index in [0.717, 1.165) is 19.0 Å². The zero-order chi connectivity index (χ0) is 11.0. The molecule has 2 aliphatic rings. The molecule has 88 valence electrons. The van der Waals surface area contributed by atoms with Crippen molar-refractivity contribution in [3.05, 3.63) is 10.3 Å². The number of aromatic nitrogens is 2. The third-order valence-corrected chi connectivity index (χ3v) is 4.60. The number of halogens is 1. The van der Waals surface area contributed by atoms with Gasteiger partial charge in [0, 0.05) is 19.0 Å². The zero-order valence-electron chi connectivity index (χ0n) is 9.51. The Hall–Kier alpha value is -0.510. The lowest BCUT2D eigenvalue weighted by molar-refractivity contribution is 0.436. The van der Waals surface area contributed by atoms with Crippen LogP contribution >= 0.6 is 15.9 Å². The third kappa shape index (κ3) is 1.77. The van der Waals surface area contributed by atoms with Gasteiger partial charge in [0.2, 0.25) is 5.95 Å². The Morgan fingerprint density at radius 1 is 1.19 bits per heavy atom. The molecule has 1 aliphatic heterocycles. The summed E-state index contributed by atoms with van der Waals surface area (Å²) >= 11 is 3.73. The monoisotopic (exact) mass is 283 g/mol. The number of fused-ring (bicyclic) bond motifs is 1. The molecule has 2 heterocycles. The van der Waals surface area contributed by atoms with E-state index in [-0.39, 0.29) is 0 Å². The average molecular weight is 284 g/mol. The van der Waals surface area contributed by atoms with Crippen LogP contribution in [-0.4, -0.2) is 16.1 Å². The molecule has 0 aromatic carbocycles. The summed E-state index contributed by atoms with van der Waals surface area (Å²) in [4.78, 5) is 4.78. The molecule has 0 saturated heterocycles. The standard InChI is InChI=1S/C12H18BrN3/c13-11-10(9-5-2-1-3-6-9)15-12-14-7-4-8-16(11)12/h9H,1-8H2,(H,14,15). The first-order valence-corrected chi connectivity index (χ1v) is 7.15. The molecule has 4 heteroatoms. The minimum atomic E-state index is 0.683. The van der Waals surface area contributed by atoms with E-state index in [2.05, 4.69) is 25.8 Å². The van der Waals surface area contributed by atoms with E-state index >= 15 is 0 Å². The number of nitrogens with zero attached hydrogens (tertiary/aromatic N) is 2. The van der Waals surface area contributed by atoms with Crippen LogP contribution in [0.2, 0.25) is 0 Å². The van der Waals surface area contributed by atoms with Gasteiger partial charge < -0.3 is 9.88 Å². The predicted octanol–water partition coefficient (Wildman–Crippen LogP) is 3.51. The number of anilines is 1. The van der Waals surface area contributed by atoms with Gasteiger partial charge in [-0.1, -0.05) is 19.3 Å². The minimum absolute atomic E-state index is 0.683. The number of imidazole rings is 1. The van der Waals surface area contributed by atoms with Crippen LogP contribution in [0.25, 0.3) is 0 Å². The van der Waals surface area contributed by atoms with Crippen molar-refractivity contribution in [2.45, 2.75) is 51.0 Å². The van der Waals surface area contributed by atoms with Crippen molar-refractivity contribution in [1.29, 1.82) is 0 Å². The van der Waals surface area contributed by atoms with Crippen LogP contribution in [0.4, 0.5) is 5.95 Å². The Morgan fingerprint density at radius 2 is 2.00 bits per heavy atom. The lowest BCUT2D eigenvalue weighted by Crippen LogP contribution is -2.17. The Kier molecular flexibility index (Phi) is 2.92. The summed E-state index contributed by atoms with van der Waals surface area (Å²) in [6.45, 7) is 2.16. The molecule has 1 N–H and O–H groups in total. The maximum absolute atomic E-state index is 4.78. The van der Waals surface area contributed by atoms with Crippen molar-refractivity contribution >= 4 is 21.9 Å². The lowest BCUT2D eigenvalue weighted by Gasteiger charge is -2.20. The maximum Gasteiger partial charge on any atom is 0.203 e. The first-order chi connectivity index (χ1) is 7.86. The summed E-state index contributed by atoms with van der Waals surface area (Å²) in [5, 5.41) is 3.38. The molecule has 0 unspecified atom stereocenters. The summed E-state index contributed by atoms with van der Waals surface area (Å²) in [6, 6.07) is 0. The van der Waals surface area contributed by atoms with Crippen LogP contribution in [0.15, 0.2) is 4.60 Å². The van der Waals surface area contributed by atoms with Crippen molar-refractivity contribution in [3.63, 3.8) is 0 Å². The van der Waals surface area contributed by atoms with Gasteiger partial charge in [-0.2, -0.15) is 0 Å².